The first-order valence-electron chi connectivity index (χ1n) is 6.17. The zero-order valence-electron chi connectivity index (χ0n) is 10.9. The number of carbonyl (C=O) groups excluding carboxylic acids is 1. The Hall–Kier alpha value is -2.29. The van der Waals surface area contributed by atoms with Crippen molar-refractivity contribution in [3.05, 3.63) is 41.5 Å². The van der Waals surface area contributed by atoms with Crippen molar-refractivity contribution in [2.45, 2.75) is 6.92 Å². The fourth-order valence-corrected chi connectivity index (χ4v) is 2.57. The van der Waals surface area contributed by atoms with Crippen LogP contribution in [0.15, 0.2) is 30.3 Å². The third kappa shape index (κ3) is 1.70. The van der Waals surface area contributed by atoms with E-state index in [-0.39, 0.29) is 5.78 Å². The Bertz CT molecular complexity index is 699. The van der Waals surface area contributed by atoms with Crippen LogP contribution in [0.25, 0.3) is 16.8 Å². The maximum atomic E-state index is 12.0. The number of hydrogen-bond acceptors (Lipinski definition) is 3. The lowest BCUT2D eigenvalue weighted by Gasteiger charge is -2.20. The first kappa shape index (κ1) is 11.8. The van der Waals surface area contributed by atoms with Crippen LogP contribution in [0.1, 0.15) is 22.8 Å². The van der Waals surface area contributed by atoms with Crippen molar-refractivity contribution < 1.29 is 14.3 Å². The molecule has 1 heterocycles. The highest BCUT2D eigenvalue weighted by molar-refractivity contribution is 6.10. The topological polar surface area (TPSA) is 35.5 Å². The molecule has 3 heteroatoms. The molecule has 3 nitrogen and oxygen atoms in total. The normalized spacial score (nSPS) is 12.9. The molecule has 3 rings (SSSR count). The van der Waals surface area contributed by atoms with Crippen molar-refractivity contribution in [3.63, 3.8) is 0 Å². The summed E-state index contributed by atoms with van der Waals surface area (Å²) in [4.78, 5) is 12.0. The minimum absolute atomic E-state index is 0.0194. The van der Waals surface area contributed by atoms with Crippen LogP contribution in [0.2, 0.25) is 0 Å². The number of carbonyl (C=O) groups is 1. The highest BCUT2D eigenvalue weighted by Crippen LogP contribution is 2.42. The molecule has 0 aliphatic carbocycles. The Morgan fingerprint density at radius 3 is 2.68 bits per heavy atom. The minimum atomic E-state index is -0.0194. The molecule has 0 unspecified atom stereocenters. The monoisotopic (exact) mass is 254 g/mol. The highest BCUT2D eigenvalue weighted by atomic mass is 16.5. The molecule has 0 saturated heterocycles. The van der Waals surface area contributed by atoms with E-state index in [9.17, 15) is 4.79 Å². The van der Waals surface area contributed by atoms with E-state index < -0.39 is 0 Å². The fraction of sp³-hybridized carbons (Fsp3) is 0.188. The number of ether oxygens (including phenoxy) is 2. The molecule has 0 aromatic heterocycles. The summed E-state index contributed by atoms with van der Waals surface area (Å²) in [5, 5.41) is 1.88. The third-order valence-corrected chi connectivity index (χ3v) is 3.32. The zero-order chi connectivity index (χ0) is 13.4. The number of methoxy groups -OCH3 is 1. The summed E-state index contributed by atoms with van der Waals surface area (Å²) in [7, 11) is 1.59. The molecule has 0 bridgehead atoms. The SMILES string of the molecule is COc1c(C(C)=O)c2c(c3ccccc13)OCC=C2. The van der Waals surface area contributed by atoms with E-state index in [1.807, 2.05) is 36.4 Å². The van der Waals surface area contributed by atoms with E-state index in [0.29, 0.717) is 17.9 Å². The summed E-state index contributed by atoms with van der Waals surface area (Å²) in [6.45, 7) is 2.08. The summed E-state index contributed by atoms with van der Waals surface area (Å²) in [5.74, 6) is 1.37. The van der Waals surface area contributed by atoms with Crippen LogP contribution in [0.5, 0.6) is 11.5 Å². The average molecular weight is 254 g/mol. The molecule has 1 aliphatic rings. The van der Waals surface area contributed by atoms with Crippen molar-refractivity contribution in [3.8, 4) is 11.5 Å². The molecule has 0 N–H and O–H groups in total. The number of benzene rings is 2. The standard InChI is InChI=1S/C16H14O3/c1-10(17)14-13-8-5-9-19-15(13)11-6-3-4-7-12(11)16(14)18-2/h3-8H,9H2,1-2H3. The van der Waals surface area contributed by atoms with Crippen LogP contribution in [0, 0.1) is 0 Å². The molecule has 19 heavy (non-hydrogen) atoms. The van der Waals surface area contributed by atoms with Crippen molar-refractivity contribution in [2.24, 2.45) is 0 Å². The lowest BCUT2D eigenvalue weighted by molar-refractivity contribution is 0.101. The molecular formula is C16H14O3. The van der Waals surface area contributed by atoms with Gasteiger partial charge in [-0.15, -0.1) is 0 Å². The van der Waals surface area contributed by atoms with E-state index in [1.54, 1.807) is 14.0 Å². The van der Waals surface area contributed by atoms with Gasteiger partial charge in [0.1, 0.15) is 18.1 Å². The second kappa shape index (κ2) is 4.43. The summed E-state index contributed by atoms with van der Waals surface area (Å²) in [5.41, 5.74) is 1.40. The largest absolute Gasteiger partial charge is 0.495 e. The van der Waals surface area contributed by atoms with Gasteiger partial charge >= 0.3 is 0 Å². The third-order valence-electron chi connectivity index (χ3n) is 3.32. The maximum absolute atomic E-state index is 12.0. The molecule has 96 valence electrons. The molecule has 0 spiro atoms. The van der Waals surface area contributed by atoms with E-state index in [0.717, 1.165) is 22.1 Å². The summed E-state index contributed by atoms with van der Waals surface area (Å²) in [6, 6.07) is 7.82. The molecule has 2 aromatic carbocycles. The number of ketones is 1. The minimum Gasteiger partial charge on any atom is -0.495 e. The van der Waals surface area contributed by atoms with Crippen molar-refractivity contribution in [1.82, 2.24) is 0 Å². The average Bonchev–Trinajstić information content (AvgIpc) is 2.45. The number of hydrogen-bond donors (Lipinski definition) is 0. The van der Waals surface area contributed by atoms with Gasteiger partial charge < -0.3 is 9.47 Å². The lowest BCUT2D eigenvalue weighted by Crippen LogP contribution is -2.08. The Labute approximate surface area is 111 Å². The van der Waals surface area contributed by atoms with E-state index in [1.165, 1.54) is 0 Å². The van der Waals surface area contributed by atoms with Crippen LogP contribution in [-0.2, 0) is 0 Å². The van der Waals surface area contributed by atoms with Gasteiger partial charge in [-0.25, -0.2) is 0 Å². The first-order valence-corrected chi connectivity index (χ1v) is 6.17. The second-order valence-electron chi connectivity index (χ2n) is 4.47. The second-order valence-corrected chi connectivity index (χ2v) is 4.47. The van der Waals surface area contributed by atoms with Gasteiger partial charge in [0.25, 0.3) is 0 Å². The van der Waals surface area contributed by atoms with E-state index in [4.69, 9.17) is 9.47 Å². The van der Waals surface area contributed by atoms with Gasteiger partial charge in [0.05, 0.1) is 12.7 Å². The predicted octanol–water partition coefficient (Wildman–Crippen LogP) is 3.46. The van der Waals surface area contributed by atoms with Gasteiger partial charge in [0.2, 0.25) is 0 Å². The lowest BCUT2D eigenvalue weighted by atomic mass is 9.94. The van der Waals surface area contributed by atoms with E-state index >= 15 is 0 Å². The van der Waals surface area contributed by atoms with Crippen molar-refractivity contribution in [1.29, 1.82) is 0 Å². The molecule has 0 amide bonds. The van der Waals surface area contributed by atoms with Crippen molar-refractivity contribution >= 4 is 22.6 Å². The summed E-state index contributed by atoms with van der Waals surface area (Å²) >= 11 is 0. The van der Waals surface area contributed by atoms with Gasteiger partial charge in [0, 0.05) is 16.3 Å². The number of rotatable bonds is 2. The van der Waals surface area contributed by atoms with Crippen LogP contribution < -0.4 is 9.47 Å². The van der Waals surface area contributed by atoms with Crippen LogP contribution >= 0.6 is 0 Å². The number of Topliss-reactive ketones (excluding diaryl/α,β-unsaturated/α-hetero) is 1. The number of fused-ring (bicyclic) bond motifs is 3. The Morgan fingerprint density at radius 2 is 2.00 bits per heavy atom. The quantitative estimate of drug-likeness (QED) is 0.770. The molecule has 2 aromatic rings. The Morgan fingerprint density at radius 1 is 1.26 bits per heavy atom. The van der Waals surface area contributed by atoms with Gasteiger partial charge in [-0.2, -0.15) is 0 Å². The summed E-state index contributed by atoms with van der Waals surface area (Å²) in [6.07, 6.45) is 3.84. The van der Waals surface area contributed by atoms with Gasteiger partial charge in [-0.05, 0) is 13.0 Å². The van der Waals surface area contributed by atoms with Crippen LogP contribution in [0.3, 0.4) is 0 Å². The van der Waals surface area contributed by atoms with Crippen LogP contribution in [0.4, 0.5) is 0 Å². The molecule has 0 atom stereocenters. The maximum Gasteiger partial charge on any atom is 0.164 e. The Kier molecular flexibility index (Phi) is 2.75. The predicted molar refractivity (Wildman–Crippen MR) is 75.0 cm³/mol. The van der Waals surface area contributed by atoms with Gasteiger partial charge in [-0.1, -0.05) is 30.3 Å². The Balaban J connectivity index is 2.52. The van der Waals surface area contributed by atoms with E-state index in [2.05, 4.69) is 0 Å². The van der Waals surface area contributed by atoms with Crippen molar-refractivity contribution in [2.75, 3.05) is 13.7 Å². The highest BCUT2D eigenvalue weighted by Gasteiger charge is 2.23. The smallest absolute Gasteiger partial charge is 0.164 e. The van der Waals surface area contributed by atoms with Gasteiger partial charge in [-0.3, -0.25) is 4.79 Å². The molecule has 0 radical (unpaired) electrons. The molecular weight excluding hydrogens is 240 g/mol. The zero-order valence-corrected chi connectivity index (χ0v) is 10.9. The van der Waals surface area contributed by atoms with Crippen LogP contribution in [-0.4, -0.2) is 19.5 Å². The molecule has 0 saturated carbocycles. The fourth-order valence-electron chi connectivity index (χ4n) is 2.57. The van der Waals surface area contributed by atoms with Gasteiger partial charge in [0.15, 0.2) is 5.78 Å². The molecule has 1 aliphatic heterocycles. The molecule has 0 fully saturated rings. The first-order chi connectivity index (χ1) is 9.24. The summed E-state index contributed by atoms with van der Waals surface area (Å²) < 4.78 is 11.2.